The fourth-order valence-corrected chi connectivity index (χ4v) is 4.04. The lowest BCUT2D eigenvalue weighted by Crippen LogP contribution is -2.49. The zero-order valence-corrected chi connectivity index (χ0v) is 17.4. The lowest BCUT2D eigenvalue weighted by atomic mass is 10.2. The van der Waals surface area contributed by atoms with E-state index in [9.17, 15) is 4.79 Å². The number of rotatable bonds is 5. The molecule has 2 saturated heterocycles. The molecule has 0 spiro atoms. The Hall–Kier alpha value is -3.27. The molecule has 5 rings (SSSR count). The molecule has 0 radical (unpaired) electrons. The molecule has 10 heteroatoms. The number of amides is 1. The Morgan fingerprint density at radius 1 is 0.903 bits per heavy atom. The molecule has 1 amide bonds. The molecule has 0 atom stereocenters. The average molecular weight is 422 g/mol. The maximum absolute atomic E-state index is 12.8. The summed E-state index contributed by atoms with van der Waals surface area (Å²) in [7, 11) is 0. The molecular weight excluding hydrogens is 396 g/mol. The Morgan fingerprint density at radius 2 is 1.71 bits per heavy atom. The van der Waals surface area contributed by atoms with E-state index in [-0.39, 0.29) is 5.91 Å². The Morgan fingerprint density at radius 3 is 2.48 bits per heavy atom. The molecule has 2 aliphatic heterocycles. The number of morpholine rings is 1. The zero-order chi connectivity index (χ0) is 21.0. The van der Waals surface area contributed by atoms with Gasteiger partial charge in [0.2, 0.25) is 5.91 Å². The second kappa shape index (κ2) is 8.84. The highest BCUT2D eigenvalue weighted by Gasteiger charge is 2.22. The number of hydrogen-bond acceptors (Lipinski definition) is 8. The molecule has 10 nitrogen and oxygen atoms in total. The molecule has 0 saturated carbocycles. The molecule has 2 fully saturated rings. The maximum atomic E-state index is 12.8. The molecule has 0 unspecified atom stereocenters. The molecule has 5 heterocycles. The summed E-state index contributed by atoms with van der Waals surface area (Å²) in [5.74, 6) is 2.70. The number of anilines is 2. The van der Waals surface area contributed by atoms with E-state index < -0.39 is 0 Å². The predicted molar refractivity (Wildman–Crippen MR) is 115 cm³/mol. The van der Waals surface area contributed by atoms with Gasteiger partial charge in [0.15, 0.2) is 11.5 Å². The molecule has 31 heavy (non-hydrogen) atoms. The van der Waals surface area contributed by atoms with Gasteiger partial charge >= 0.3 is 0 Å². The molecule has 0 aliphatic carbocycles. The maximum Gasteiger partial charge on any atom is 0.223 e. The van der Waals surface area contributed by atoms with Crippen molar-refractivity contribution in [2.45, 2.75) is 12.8 Å². The van der Waals surface area contributed by atoms with Gasteiger partial charge in [-0.15, -0.1) is 15.3 Å². The molecule has 162 valence electrons. The van der Waals surface area contributed by atoms with Crippen molar-refractivity contribution in [1.82, 2.24) is 29.7 Å². The van der Waals surface area contributed by atoms with E-state index in [1.165, 1.54) is 0 Å². The smallest absolute Gasteiger partial charge is 0.223 e. The van der Waals surface area contributed by atoms with Crippen LogP contribution in [0.4, 0.5) is 11.6 Å². The molecule has 0 aromatic carbocycles. The van der Waals surface area contributed by atoms with Gasteiger partial charge in [0.25, 0.3) is 0 Å². The number of hydrogen-bond donors (Lipinski definition) is 0. The highest BCUT2D eigenvalue weighted by molar-refractivity contribution is 5.76. The largest absolute Gasteiger partial charge is 0.378 e. The highest BCUT2D eigenvalue weighted by Crippen LogP contribution is 2.16. The highest BCUT2D eigenvalue weighted by atomic mass is 16.5. The van der Waals surface area contributed by atoms with Gasteiger partial charge in [0.1, 0.15) is 11.6 Å². The van der Waals surface area contributed by atoms with E-state index in [1.807, 2.05) is 35.2 Å². The van der Waals surface area contributed by atoms with Crippen molar-refractivity contribution in [2.75, 3.05) is 62.3 Å². The first kappa shape index (κ1) is 19.7. The van der Waals surface area contributed by atoms with Crippen LogP contribution in [-0.4, -0.2) is 88.1 Å². The molecule has 0 bridgehead atoms. The summed E-state index contributed by atoms with van der Waals surface area (Å²) in [4.78, 5) is 23.5. The van der Waals surface area contributed by atoms with Gasteiger partial charge in [-0.2, -0.15) is 4.52 Å². The summed E-state index contributed by atoms with van der Waals surface area (Å²) < 4.78 is 7.18. The van der Waals surface area contributed by atoms with Crippen LogP contribution in [-0.2, 0) is 16.0 Å². The molecule has 3 aromatic rings. The third-order valence-corrected chi connectivity index (χ3v) is 5.82. The van der Waals surface area contributed by atoms with Gasteiger partial charge < -0.3 is 19.4 Å². The van der Waals surface area contributed by atoms with Crippen LogP contribution in [0, 0.1) is 0 Å². The van der Waals surface area contributed by atoms with Gasteiger partial charge in [-0.25, -0.2) is 4.98 Å². The molecular formula is C21H26N8O2. The number of carbonyl (C=O) groups is 1. The topological polar surface area (TPSA) is 92.0 Å². The monoisotopic (exact) mass is 422 g/mol. The summed E-state index contributed by atoms with van der Waals surface area (Å²) >= 11 is 0. The quantitative estimate of drug-likeness (QED) is 0.592. The van der Waals surface area contributed by atoms with E-state index >= 15 is 0 Å². The Labute approximate surface area is 180 Å². The normalized spacial score (nSPS) is 17.4. The van der Waals surface area contributed by atoms with Crippen LogP contribution in [0.1, 0.15) is 12.2 Å². The van der Waals surface area contributed by atoms with E-state index in [4.69, 9.17) is 9.84 Å². The first-order valence-electron chi connectivity index (χ1n) is 10.8. The fourth-order valence-electron chi connectivity index (χ4n) is 4.04. The number of ether oxygens (including phenoxy) is 1. The van der Waals surface area contributed by atoms with Crippen molar-refractivity contribution in [3.05, 3.63) is 42.4 Å². The van der Waals surface area contributed by atoms with Crippen LogP contribution < -0.4 is 9.80 Å². The van der Waals surface area contributed by atoms with Crippen molar-refractivity contribution in [2.24, 2.45) is 0 Å². The van der Waals surface area contributed by atoms with Crippen LogP contribution in [0.25, 0.3) is 5.65 Å². The van der Waals surface area contributed by atoms with Crippen molar-refractivity contribution < 1.29 is 9.53 Å². The third-order valence-electron chi connectivity index (χ3n) is 5.82. The number of nitrogens with zero attached hydrogens (tertiary/aromatic N) is 8. The van der Waals surface area contributed by atoms with Gasteiger partial charge in [-0.1, -0.05) is 6.07 Å². The van der Waals surface area contributed by atoms with Gasteiger partial charge in [0.05, 0.1) is 13.2 Å². The number of fused-ring (bicyclic) bond motifs is 1. The van der Waals surface area contributed by atoms with Gasteiger partial charge in [-0.3, -0.25) is 4.79 Å². The summed E-state index contributed by atoms with van der Waals surface area (Å²) in [6.45, 7) is 6.04. The van der Waals surface area contributed by atoms with E-state index in [0.717, 1.165) is 37.8 Å². The van der Waals surface area contributed by atoms with Crippen molar-refractivity contribution in [3.8, 4) is 0 Å². The Bertz CT molecular complexity index is 1030. The van der Waals surface area contributed by atoms with Crippen LogP contribution in [0.3, 0.4) is 0 Å². The van der Waals surface area contributed by atoms with Crippen LogP contribution in [0.5, 0.6) is 0 Å². The van der Waals surface area contributed by atoms with Crippen molar-refractivity contribution in [3.63, 3.8) is 0 Å². The molecule has 3 aromatic heterocycles. The van der Waals surface area contributed by atoms with Crippen molar-refractivity contribution >= 4 is 23.2 Å². The number of piperazine rings is 1. The lowest BCUT2D eigenvalue weighted by molar-refractivity contribution is -0.131. The minimum atomic E-state index is 0.141. The predicted octanol–water partition coefficient (Wildman–Crippen LogP) is 0.637. The van der Waals surface area contributed by atoms with Gasteiger partial charge in [-0.05, 0) is 24.3 Å². The van der Waals surface area contributed by atoms with Crippen molar-refractivity contribution in [1.29, 1.82) is 0 Å². The van der Waals surface area contributed by atoms with Gasteiger partial charge in [0, 0.05) is 58.3 Å². The molecule has 2 aliphatic rings. The van der Waals surface area contributed by atoms with E-state index in [2.05, 4.69) is 25.0 Å². The molecule has 0 N–H and O–H groups in total. The number of aromatic nitrogens is 5. The summed E-state index contributed by atoms with van der Waals surface area (Å²) in [5, 5.41) is 13.2. The summed E-state index contributed by atoms with van der Waals surface area (Å²) in [6.07, 6.45) is 2.71. The minimum absolute atomic E-state index is 0.141. The number of aryl methyl sites for hydroxylation is 1. The SMILES string of the molecule is O=C(CCc1nnc2ccc(N3CCOCC3)nn12)N1CCN(c2ccccn2)CC1. The number of carbonyl (C=O) groups excluding carboxylic acids is 1. The zero-order valence-electron chi connectivity index (χ0n) is 17.4. The summed E-state index contributed by atoms with van der Waals surface area (Å²) in [6, 6.07) is 9.79. The number of pyridine rings is 1. The lowest BCUT2D eigenvalue weighted by Gasteiger charge is -2.35. The Balaban J connectivity index is 1.19. The second-order valence-corrected chi connectivity index (χ2v) is 7.73. The van der Waals surface area contributed by atoms with Crippen LogP contribution >= 0.6 is 0 Å². The summed E-state index contributed by atoms with van der Waals surface area (Å²) in [5.41, 5.74) is 0.698. The average Bonchev–Trinajstić information content (AvgIpc) is 3.26. The first-order valence-corrected chi connectivity index (χ1v) is 10.8. The standard InChI is InChI=1S/C21H26N8O2/c30-21(28-11-9-26(10-12-28)17-3-1-2-8-22-17)7-6-19-24-23-18-4-5-20(25-29(18)19)27-13-15-31-16-14-27/h1-5,8H,6-7,9-16H2. The third kappa shape index (κ3) is 4.29. The second-order valence-electron chi connectivity index (χ2n) is 7.73. The Kier molecular flexibility index (Phi) is 5.61. The van der Waals surface area contributed by atoms with Crippen LogP contribution in [0.15, 0.2) is 36.5 Å². The minimum Gasteiger partial charge on any atom is -0.378 e. The van der Waals surface area contributed by atoms with Crippen LogP contribution in [0.2, 0.25) is 0 Å². The fraction of sp³-hybridized carbons (Fsp3) is 0.476. The van der Waals surface area contributed by atoms with E-state index in [1.54, 1.807) is 10.7 Å². The van der Waals surface area contributed by atoms with E-state index in [0.29, 0.717) is 50.6 Å². The first-order chi connectivity index (χ1) is 15.3.